The number of aryl methyl sites for hydroxylation is 1. The fraction of sp³-hybridized carbons (Fsp3) is 0.625. The summed E-state index contributed by atoms with van der Waals surface area (Å²) in [7, 11) is 0. The first-order valence-corrected chi connectivity index (χ1v) is 12.3. The van der Waals surface area contributed by atoms with Gasteiger partial charge in [0.1, 0.15) is 0 Å². The number of nitrogens with zero attached hydrogens (tertiary/aromatic N) is 1. The molecule has 0 saturated carbocycles. The molecule has 0 N–H and O–H groups in total. The van der Waals surface area contributed by atoms with Gasteiger partial charge in [-0.25, -0.2) is 0 Å². The molecule has 0 fully saturated rings. The number of hydrogen-bond donors (Lipinski definition) is 0. The normalized spacial score (nSPS) is 12.1. The van der Waals surface area contributed by atoms with Gasteiger partial charge in [0.2, 0.25) is 0 Å². The van der Waals surface area contributed by atoms with Gasteiger partial charge in [0.05, 0.1) is 0 Å². The largest absolute Gasteiger partial charge is 1.00 e. The third kappa shape index (κ3) is 9.04. The van der Waals surface area contributed by atoms with E-state index in [1.54, 1.807) is 0 Å². The Morgan fingerprint density at radius 2 is 1.48 bits per heavy atom. The number of aromatic nitrogens is 1. The van der Waals surface area contributed by atoms with Crippen molar-refractivity contribution >= 4 is 23.7 Å². The number of thiophene rings is 1. The minimum Gasteiger partial charge on any atom is -0.538 e. The van der Waals surface area contributed by atoms with Crippen LogP contribution >= 0.6 is 11.3 Å². The Kier molecular flexibility index (Phi) is 12.7. The van der Waals surface area contributed by atoms with Gasteiger partial charge in [0.25, 0.3) is 0 Å². The summed E-state index contributed by atoms with van der Waals surface area (Å²) in [5, 5.41) is 0. The van der Waals surface area contributed by atoms with E-state index in [4.69, 9.17) is 14.0 Å². The van der Waals surface area contributed by atoms with Gasteiger partial charge >= 0.3 is 25.6 Å². The van der Waals surface area contributed by atoms with Crippen molar-refractivity contribution in [2.24, 2.45) is 0 Å². The topological polar surface area (TPSA) is 40.6 Å². The van der Waals surface area contributed by atoms with Crippen LogP contribution < -0.4 is 24.5 Å². The van der Waals surface area contributed by atoms with Gasteiger partial charge in [-0.15, -0.1) is 11.3 Å². The molecule has 2 heterocycles. The number of pyridine rings is 1. The van der Waals surface area contributed by atoms with Gasteiger partial charge in [0.15, 0.2) is 0 Å². The van der Waals surface area contributed by atoms with Gasteiger partial charge < -0.3 is 14.0 Å². The number of hydrogen-bond acceptors (Lipinski definition) is 5. The van der Waals surface area contributed by atoms with Crippen molar-refractivity contribution in [2.45, 2.75) is 98.9 Å². The van der Waals surface area contributed by atoms with Crippen molar-refractivity contribution < 1.29 is 32.8 Å². The molecule has 31 heavy (non-hydrogen) atoms. The van der Waals surface area contributed by atoms with Gasteiger partial charge in [-0.05, 0) is 83.7 Å². The summed E-state index contributed by atoms with van der Waals surface area (Å²) in [6.45, 7) is 12.1. The van der Waals surface area contributed by atoms with Crippen LogP contribution in [-0.2, 0) is 20.4 Å². The molecule has 2 aromatic rings. The number of unbranched alkanes of at least 4 members (excludes halogenated alkanes) is 3. The Balaban J connectivity index is 0.00000480. The Morgan fingerprint density at radius 3 is 2.03 bits per heavy atom. The average molecular weight is 439 g/mol. The zero-order valence-corrected chi connectivity index (χ0v) is 21.6. The van der Waals surface area contributed by atoms with E-state index in [1.165, 1.54) is 35.4 Å². The maximum absolute atomic E-state index is 6.28. The van der Waals surface area contributed by atoms with E-state index in [1.807, 2.05) is 59.1 Å². The van der Waals surface area contributed by atoms with Crippen molar-refractivity contribution in [3.05, 3.63) is 35.3 Å². The molecule has 0 atom stereocenters. The second kappa shape index (κ2) is 13.8. The molecule has 0 saturated heterocycles. The standard InChI is InChI=1S/C24H39BNO3S.Li/c1-8-9-10-11-12-22-13-14-23(30-22)21-15-16-26-24(17-21)25(27-18(2)3,28-19(4)5)29-20(6)7;/h13-20H,8-12H2,1-7H3;/q-1;+1. The molecule has 2 rings (SSSR count). The minimum absolute atomic E-state index is 0. The Hall–Kier alpha value is -0.608. The third-order valence-electron chi connectivity index (χ3n) is 4.72. The molecule has 0 spiro atoms. The Morgan fingerprint density at radius 1 is 0.871 bits per heavy atom. The summed E-state index contributed by atoms with van der Waals surface area (Å²) in [4.78, 5) is 7.31. The predicted molar refractivity (Wildman–Crippen MR) is 129 cm³/mol. The van der Waals surface area contributed by atoms with Crippen LogP contribution in [0.4, 0.5) is 0 Å². The molecule has 0 aliphatic carbocycles. The van der Waals surface area contributed by atoms with E-state index < -0.39 is 6.75 Å². The third-order valence-corrected chi connectivity index (χ3v) is 5.91. The molecule has 0 radical (unpaired) electrons. The van der Waals surface area contributed by atoms with Crippen LogP contribution in [0.3, 0.4) is 0 Å². The second-order valence-electron chi connectivity index (χ2n) is 8.74. The molecule has 0 aliphatic heterocycles. The van der Waals surface area contributed by atoms with Crippen molar-refractivity contribution in [2.75, 3.05) is 0 Å². The van der Waals surface area contributed by atoms with Gasteiger partial charge in [0, 0.05) is 34.3 Å². The zero-order chi connectivity index (χ0) is 22.1. The molecule has 0 aromatic carbocycles. The zero-order valence-electron chi connectivity index (χ0n) is 20.8. The average Bonchev–Trinajstić information content (AvgIpc) is 3.12. The van der Waals surface area contributed by atoms with Crippen LogP contribution in [0, 0.1) is 0 Å². The fourth-order valence-corrected chi connectivity index (χ4v) is 4.61. The first kappa shape index (κ1) is 28.4. The van der Waals surface area contributed by atoms with Crippen LogP contribution in [0.15, 0.2) is 30.5 Å². The summed E-state index contributed by atoms with van der Waals surface area (Å²) in [5.41, 5.74) is 1.84. The monoisotopic (exact) mass is 439 g/mol. The summed E-state index contributed by atoms with van der Waals surface area (Å²) >= 11 is 1.86. The van der Waals surface area contributed by atoms with Crippen molar-refractivity contribution in [1.29, 1.82) is 0 Å². The van der Waals surface area contributed by atoms with Crippen molar-refractivity contribution in [3.63, 3.8) is 0 Å². The molecule has 2 aromatic heterocycles. The van der Waals surface area contributed by atoms with Crippen molar-refractivity contribution in [3.8, 4) is 10.4 Å². The predicted octanol–water partition coefficient (Wildman–Crippen LogP) is 3.36. The second-order valence-corrected chi connectivity index (χ2v) is 9.91. The first-order chi connectivity index (χ1) is 14.3. The van der Waals surface area contributed by atoms with Crippen LogP contribution in [-0.4, -0.2) is 30.1 Å². The molecular weight excluding hydrogens is 400 g/mol. The Labute approximate surface area is 205 Å². The fourth-order valence-electron chi connectivity index (χ4n) is 3.57. The molecule has 0 aliphatic rings. The van der Waals surface area contributed by atoms with Crippen molar-refractivity contribution in [1.82, 2.24) is 4.98 Å². The maximum atomic E-state index is 6.28. The summed E-state index contributed by atoms with van der Waals surface area (Å²) in [5.74, 6) is 0. The summed E-state index contributed by atoms with van der Waals surface area (Å²) in [6, 6.07) is 8.59. The molecule has 0 bridgehead atoms. The molecule has 4 nitrogen and oxygen atoms in total. The molecule has 0 amide bonds. The number of rotatable bonds is 13. The van der Waals surface area contributed by atoms with Crippen LogP contribution in [0.25, 0.3) is 10.4 Å². The van der Waals surface area contributed by atoms with Crippen LogP contribution in [0.1, 0.15) is 79.0 Å². The van der Waals surface area contributed by atoms with E-state index in [-0.39, 0.29) is 37.2 Å². The molecule has 168 valence electrons. The Bertz CT molecular complexity index is 740. The quantitative estimate of drug-likeness (QED) is 0.355. The van der Waals surface area contributed by atoms with E-state index in [9.17, 15) is 0 Å². The molecular formula is C24H39BLiNO3S. The van der Waals surface area contributed by atoms with E-state index in [0.717, 1.165) is 12.0 Å². The van der Waals surface area contributed by atoms with Gasteiger partial charge in [-0.3, -0.25) is 4.98 Å². The smallest absolute Gasteiger partial charge is 0.538 e. The minimum atomic E-state index is -2.15. The maximum Gasteiger partial charge on any atom is 1.00 e. The van der Waals surface area contributed by atoms with E-state index >= 15 is 0 Å². The summed E-state index contributed by atoms with van der Waals surface area (Å²) < 4.78 is 18.8. The van der Waals surface area contributed by atoms with Gasteiger partial charge in [-0.1, -0.05) is 32.3 Å². The first-order valence-electron chi connectivity index (χ1n) is 11.5. The van der Waals surface area contributed by atoms with Gasteiger partial charge in [-0.2, -0.15) is 0 Å². The molecule has 0 unspecified atom stereocenters. The summed E-state index contributed by atoms with van der Waals surface area (Å²) in [6.07, 6.45) is 7.98. The molecule has 7 heteroatoms. The van der Waals surface area contributed by atoms with E-state index in [2.05, 4.69) is 36.2 Å². The van der Waals surface area contributed by atoms with Crippen LogP contribution in [0.5, 0.6) is 0 Å². The SMILES string of the molecule is CCCCCCc1ccc(-c2ccnc([B-](OC(C)C)(OC(C)C)OC(C)C)c2)s1.[Li+]. The van der Waals surface area contributed by atoms with Crippen LogP contribution in [0.2, 0.25) is 0 Å². The van der Waals surface area contributed by atoms with E-state index in [0.29, 0.717) is 5.59 Å².